The van der Waals surface area contributed by atoms with Crippen LogP contribution in [-0.4, -0.2) is 58.6 Å². The monoisotopic (exact) mass is 494 g/mol. The Kier molecular flexibility index (Phi) is 7.60. The van der Waals surface area contributed by atoms with Crippen molar-refractivity contribution in [1.29, 1.82) is 0 Å². The first-order valence-corrected chi connectivity index (χ1v) is 13.8. The van der Waals surface area contributed by atoms with Crippen molar-refractivity contribution in [2.45, 2.75) is 75.3 Å². The Morgan fingerprint density at radius 1 is 1.15 bits per heavy atom. The number of benzene rings is 1. The zero-order valence-corrected chi connectivity index (χ0v) is 20.4. The fourth-order valence-electron chi connectivity index (χ4n) is 4.63. The van der Waals surface area contributed by atoms with E-state index in [1.54, 1.807) is 12.1 Å². The van der Waals surface area contributed by atoms with E-state index in [2.05, 4.69) is 14.1 Å². The van der Waals surface area contributed by atoms with Crippen LogP contribution < -0.4 is 5.32 Å². The average molecular weight is 495 g/mol. The van der Waals surface area contributed by atoms with E-state index < -0.39 is 28.1 Å². The molecule has 0 unspecified atom stereocenters. The van der Waals surface area contributed by atoms with Crippen LogP contribution in [0.2, 0.25) is 0 Å². The zero-order valence-electron chi connectivity index (χ0n) is 18.7. The molecule has 9 nitrogen and oxygen atoms in total. The summed E-state index contributed by atoms with van der Waals surface area (Å²) in [5.41, 5.74) is 0.802. The van der Waals surface area contributed by atoms with Crippen LogP contribution in [0.4, 0.5) is 0 Å². The molecule has 1 N–H and O–H groups in total. The van der Waals surface area contributed by atoms with Gasteiger partial charge in [-0.15, -0.1) is 0 Å². The van der Waals surface area contributed by atoms with E-state index in [4.69, 9.17) is 4.74 Å². The van der Waals surface area contributed by atoms with Gasteiger partial charge in [-0.3, -0.25) is 9.59 Å². The minimum absolute atomic E-state index is 0.0340. The van der Waals surface area contributed by atoms with Crippen molar-refractivity contribution >= 4 is 44.7 Å². The van der Waals surface area contributed by atoms with Crippen molar-refractivity contribution in [2.75, 3.05) is 13.1 Å². The van der Waals surface area contributed by atoms with Crippen molar-refractivity contribution in [3.8, 4) is 0 Å². The topological polar surface area (TPSA) is 119 Å². The van der Waals surface area contributed by atoms with E-state index >= 15 is 0 Å². The van der Waals surface area contributed by atoms with Gasteiger partial charge in [-0.05, 0) is 57.1 Å². The van der Waals surface area contributed by atoms with Gasteiger partial charge >= 0.3 is 5.97 Å². The van der Waals surface area contributed by atoms with Crippen LogP contribution in [0.25, 0.3) is 11.0 Å². The number of nitrogens with zero attached hydrogens (tertiary/aromatic N) is 3. The maximum absolute atomic E-state index is 13.5. The maximum Gasteiger partial charge on any atom is 0.325 e. The highest BCUT2D eigenvalue weighted by Crippen LogP contribution is 2.30. The van der Waals surface area contributed by atoms with E-state index in [1.165, 1.54) is 36.6 Å². The second-order valence-corrected chi connectivity index (χ2v) is 11.2. The van der Waals surface area contributed by atoms with Crippen LogP contribution in [-0.2, 0) is 24.3 Å². The molecule has 0 bridgehead atoms. The fourth-order valence-corrected chi connectivity index (χ4v) is 7.03. The summed E-state index contributed by atoms with van der Waals surface area (Å²) in [6.45, 7) is 2.31. The van der Waals surface area contributed by atoms with Crippen molar-refractivity contribution in [3.05, 3.63) is 18.2 Å². The standard InChI is InChI=1S/C22H30N4O5S2/c1-15(21(27)23-14-16-8-3-2-4-9-16)31-22(28)18-11-5-6-13-26(18)33(29,30)19-12-7-10-17-20(19)25-32-24-17/h7,10,12,15-16,18H,2-6,8-9,11,13-14H2,1H3,(H,23,27)/t15-,18+/m1/s1. The molecule has 1 aliphatic carbocycles. The van der Waals surface area contributed by atoms with Crippen molar-refractivity contribution in [1.82, 2.24) is 18.4 Å². The number of carbonyl (C=O) groups is 2. The van der Waals surface area contributed by atoms with E-state index in [1.807, 2.05) is 0 Å². The lowest BCUT2D eigenvalue weighted by molar-refractivity contribution is -0.159. The van der Waals surface area contributed by atoms with Gasteiger partial charge in [-0.25, -0.2) is 8.42 Å². The van der Waals surface area contributed by atoms with Crippen molar-refractivity contribution in [2.24, 2.45) is 5.92 Å². The summed E-state index contributed by atoms with van der Waals surface area (Å²) in [5.74, 6) is -0.577. The highest BCUT2D eigenvalue weighted by molar-refractivity contribution is 7.89. The molecule has 180 valence electrons. The zero-order chi connectivity index (χ0) is 23.4. The molecule has 33 heavy (non-hydrogen) atoms. The maximum atomic E-state index is 13.5. The summed E-state index contributed by atoms with van der Waals surface area (Å²) >= 11 is 0.944. The Balaban J connectivity index is 1.43. The molecule has 2 aromatic rings. The highest BCUT2D eigenvalue weighted by atomic mass is 32.2. The molecule has 2 atom stereocenters. The van der Waals surface area contributed by atoms with Gasteiger partial charge < -0.3 is 10.1 Å². The first kappa shape index (κ1) is 24.0. The van der Waals surface area contributed by atoms with Gasteiger partial charge in [0.25, 0.3) is 5.91 Å². The van der Waals surface area contributed by atoms with E-state index in [9.17, 15) is 18.0 Å². The summed E-state index contributed by atoms with van der Waals surface area (Å²) in [7, 11) is -4.00. The largest absolute Gasteiger partial charge is 0.451 e. The fraction of sp³-hybridized carbons (Fsp3) is 0.636. The van der Waals surface area contributed by atoms with Gasteiger partial charge in [0, 0.05) is 13.1 Å². The Bertz CT molecular complexity index is 1100. The molecule has 1 saturated carbocycles. The molecule has 0 radical (unpaired) electrons. The molecule has 1 aliphatic heterocycles. The van der Waals surface area contributed by atoms with Crippen LogP contribution in [0.15, 0.2) is 23.1 Å². The number of esters is 1. The Morgan fingerprint density at radius 3 is 2.70 bits per heavy atom. The normalized spacial score (nSPS) is 21.5. The lowest BCUT2D eigenvalue weighted by Crippen LogP contribution is -2.50. The SMILES string of the molecule is C[C@@H](OC(=O)[C@@H]1CCCCN1S(=O)(=O)c1cccc2nsnc12)C(=O)NCC1CCCCC1. The van der Waals surface area contributed by atoms with Gasteiger partial charge in [-0.1, -0.05) is 25.3 Å². The van der Waals surface area contributed by atoms with Gasteiger partial charge in [0.05, 0.1) is 11.7 Å². The second kappa shape index (κ2) is 10.4. The van der Waals surface area contributed by atoms with Crippen LogP contribution >= 0.6 is 11.7 Å². The average Bonchev–Trinajstić information content (AvgIpc) is 3.32. The third-order valence-electron chi connectivity index (χ3n) is 6.51. The number of nitrogens with one attached hydrogen (secondary N) is 1. The summed E-state index contributed by atoms with van der Waals surface area (Å²) in [4.78, 5) is 25.5. The van der Waals surface area contributed by atoms with Gasteiger partial charge in [0.1, 0.15) is 22.0 Å². The quantitative estimate of drug-likeness (QED) is 0.588. The molecule has 2 fully saturated rings. The predicted molar refractivity (Wildman–Crippen MR) is 124 cm³/mol. The third kappa shape index (κ3) is 5.36. The molecule has 11 heteroatoms. The van der Waals surface area contributed by atoms with E-state index in [-0.39, 0.29) is 17.3 Å². The predicted octanol–water partition coefficient (Wildman–Crippen LogP) is 2.86. The number of fused-ring (bicyclic) bond motifs is 1. The number of aromatic nitrogens is 2. The van der Waals surface area contributed by atoms with Crippen LogP contribution in [0.3, 0.4) is 0 Å². The molecule has 2 aliphatic rings. The Hall–Kier alpha value is -2.11. The number of rotatable bonds is 7. The first-order chi connectivity index (χ1) is 15.9. The summed E-state index contributed by atoms with van der Waals surface area (Å²) in [5, 5.41) is 2.88. The van der Waals surface area contributed by atoms with Gasteiger partial charge in [0.2, 0.25) is 10.0 Å². The van der Waals surface area contributed by atoms with E-state index in [0.717, 1.165) is 24.6 Å². The number of carbonyl (C=O) groups excluding carboxylic acids is 2. The Labute approximate surface area is 198 Å². The molecule has 1 amide bonds. The minimum atomic E-state index is -4.00. The molecule has 1 aromatic heterocycles. The Morgan fingerprint density at radius 2 is 1.91 bits per heavy atom. The van der Waals surface area contributed by atoms with Crippen LogP contribution in [0, 0.1) is 5.92 Å². The highest BCUT2D eigenvalue weighted by Gasteiger charge is 2.40. The number of ether oxygens (including phenoxy) is 1. The number of hydrogen-bond acceptors (Lipinski definition) is 8. The molecule has 1 saturated heterocycles. The molecule has 2 heterocycles. The second-order valence-electron chi connectivity index (χ2n) is 8.84. The lowest BCUT2D eigenvalue weighted by atomic mass is 9.89. The van der Waals surface area contributed by atoms with Crippen molar-refractivity contribution < 1.29 is 22.7 Å². The number of piperidine rings is 1. The number of sulfonamides is 1. The number of amides is 1. The van der Waals surface area contributed by atoms with Gasteiger partial charge in [-0.2, -0.15) is 13.1 Å². The van der Waals surface area contributed by atoms with Gasteiger partial charge in [0.15, 0.2) is 6.10 Å². The first-order valence-electron chi connectivity index (χ1n) is 11.6. The number of hydrogen-bond donors (Lipinski definition) is 1. The smallest absolute Gasteiger partial charge is 0.325 e. The van der Waals surface area contributed by atoms with Crippen molar-refractivity contribution in [3.63, 3.8) is 0 Å². The molecular weight excluding hydrogens is 464 g/mol. The van der Waals surface area contributed by atoms with Crippen LogP contribution in [0.1, 0.15) is 58.3 Å². The molecular formula is C22H30N4O5S2. The third-order valence-corrected chi connectivity index (χ3v) is 9.00. The summed E-state index contributed by atoms with van der Waals surface area (Å²) in [6.07, 6.45) is 6.52. The molecule has 4 rings (SSSR count). The summed E-state index contributed by atoms with van der Waals surface area (Å²) in [6, 6.07) is 3.83. The lowest BCUT2D eigenvalue weighted by Gasteiger charge is -2.33. The minimum Gasteiger partial charge on any atom is -0.451 e. The molecule has 1 aromatic carbocycles. The molecule has 0 spiro atoms. The summed E-state index contributed by atoms with van der Waals surface area (Å²) < 4.78 is 41.9. The van der Waals surface area contributed by atoms with Crippen LogP contribution in [0.5, 0.6) is 0 Å². The van der Waals surface area contributed by atoms with E-state index in [0.29, 0.717) is 42.8 Å².